The average Bonchev–Trinajstić information content (AvgIpc) is 2.61. The van der Waals surface area contributed by atoms with E-state index >= 15 is 0 Å². The van der Waals surface area contributed by atoms with Gasteiger partial charge in [-0.2, -0.15) is 13.2 Å². The first kappa shape index (κ1) is 29.1. The lowest BCUT2D eigenvalue weighted by Gasteiger charge is -2.36. The van der Waals surface area contributed by atoms with E-state index in [-0.39, 0.29) is 36.5 Å². The highest BCUT2D eigenvalue weighted by Crippen LogP contribution is 2.22. The van der Waals surface area contributed by atoms with Gasteiger partial charge in [0.1, 0.15) is 5.60 Å². The van der Waals surface area contributed by atoms with Crippen molar-refractivity contribution >= 4 is 36.0 Å². The molecule has 0 aliphatic carbocycles. The number of carbonyl (C=O) groups excluding carboxylic acids is 1. The highest BCUT2D eigenvalue weighted by molar-refractivity contribution is 14.0. The number of nitrogens with zero attached hydrogens (tertiary/aromatic N) is 3. The van der Waals surface area contributed by atoms with E-state index in [1.807, 2.05) is 27.7 Å². The quantitative estimate of drug-likeness (QED) is 0.213. The topological polar surface area (TPSA) is 57.2 Å². The normalized spacial score (nSPS) is 16.1. The van der Waals surface area contributed by atoms with Crippen molar-refractivity contribution in [2.45, 2.75) is 71.6 Å². The molecule has 1 saturated heterocycles. The number of piperidine rings is 1. The Bertz CT molecular complexity index is 531. The van der Waals surface area contributed by atoms with Gasteiger partial charge in [0, 0.05) is 46.2 Å². The Labute approximate surface area is 196 Å². The van der Waals surface area contributed by atoms with E-state index in [0.29, 0.717) is 32.0 Å². The van der Waals surface area contributed by atoms with E-state index in [9.17, 15) is 18.0 Å². The van der Waals surface area contributed by atoms with Crippen LogP contribution in [-0.4, -0.2) is 73.4 Å². The van der Waals surface area contributed by atoms with Crippen molar-refractivity contribution in [3.8, 4) is 0 Å². The van der Waals surface area contributed by atoms with E-state index in [0.717, 1.165) is 31.9 Å². The lowest BCUT2D eigenvalue weighted by atomic mass is 9.96. The first-order valence-corrected chi connectivity index (χ1v) is 10.5. The molecule has 178 valence electrons. The summed E-state index contributed by atoms with van der Waals surface area (Å²) in [4.78, 5) is 20.4. The molecule has 1 amide bonds. The van der Waals surface area contributed by atoms with Gasteiger partial charge in [-0.25, -0.2) is 4.79 Å². The van der Waals surface area contributed by atoms with Gasteiger partial charge in [0.05, 0.1) is 0 Å². The summed E-state index contributed by atoms with van der Waals surface area (Å²) in [6.07, 6.45) is -2.69. The van der Waals surface area contributed by atoms with Gasteiger partial charge in [-0.15, -0.1) is 24.0 Å². The van der Waals surface area contributed by atoms with Crippen LogP contribution in [0.15, 0.2) is 4.99 Å². The third-order valence-electron chi connectivity index (χ3n) is 4.81. The second kappa shape index (κ2) is 13.5. The van der Waals surface area contributed by atoms with Crippen molar-refractivity contribution < 1.29 is 22.7 Å². The molecule has 30 heavy (non-hydrogen) atoms. The summed E-state index contributed by atoms with van der Waals surface area (Å²) < 4.78 is 42.1. The third-order valence-corrected chi connectivity index (χ3v) is 4.81. The zero-order valence-electron chi connectivity index (χ0n) is 18.8. The molecule has 0 saturated carbocycles. The van der Waals surface area contributed by atoms with Crippen LogP contribution in [0.2, 0.25) is 0 Å². The third kappa shape index (κ3) is 12.0. The number of nitrogens with one attached hydrogen (secondary N) is 1. The van der Waals surface area contributed by atoms with Gasteiger partial charge in [-0.05, 0) is 59.3 Å². The Hall–Kier alpha value is -0.940. The highest BCUT2D eigenvalue weighted by atomic mass is 127. The van der Waals surface area contributed by atoms with Crippen LogP contribution in [0, 0.1) is 5.92 Å². The van der Waals surface area contributed by atoms with E-state index < -0.39 is 18.2 Å². The Balaban J connectivity index is 0.00000841. The van der Waals surface area contributed by atoms with Crippen molar-refractivity contribution in [1.29, 1.82) is 0 Å². The fourth-order valence-electron chi connectivity index (χ4n) is 3.28. The molecule has 1 fully saturated rings. The lowest BCUT2D eigenvalue weighted by Crippen LogP contribution is -2.48. The Kier molecular flexibility index (Phi) is 13.0. The number of alkyl halides is 3. The number of hydrogen-bond donors (Lipinski definition) is 1. The number of guanidine groups is 1. The van der Waals surface area contributed by atoms with Crippen LogP contribution in [0.4, 0.5) is 18.0 Å². The molecule has 6 nitrogen and oxygen atoms in total. The van der Waals surface area contributed by atoms with Crippen LogP contribution >= 0.6 is 24.0 Å². The van der Waals surface area contributed by atoms with E-state index in [1.165, 1.54) is 0 Å². The maximum absolute atomic E-state index is 12.3. The Morgan fingerprint density at radius 2 is 1.80 bits per heavy atom. The van der Waals surface area contributed by atoms with Gasteiger partial charge in [0.25, 0.3) is 0 Å². The molecule has 1 heterocycles. The fourth-order valence-corrected chi connectivity index (χ4v) is 3.28. The maximum Gasteiger partial charge on any atom is 0.410 e. The molecule has 1 rings (SSSR count). The molecular formula is C20H38F3IN4O2. The van der Waals surface area contributed by atoms with Crippen LogP contribution in [0.5, 0.6) is 0 Å². The number of rotatable bonds is 7. The highest BCUT2D eigenvalue weighted by Gasteiger charge is 2.28. The SMILES string of the molecule is CCN(CC1CCN(C(=NC)NCCCCC(F)(F)F)CC1)C(=O)OC(C)(C)C.I. The summed E-state index contributed by atoms with van der Waals surface area (Å²) in [7, 11) is 1.69. The van der Waals surface area contributed by atoms with E-state index in [4.69, 9.17) is 4.74 Å². The van der Waals surface area contributed by atoms with Gasteiger partial charge >= 0.3 is 12.3 Å². The fraction of sp³-hybridized carbons (Fsp3) is 0.900. The number of ether oxygens (including phenoxy) is 1. The molecule has 1 aliphatic heterocycles. The molecule has 0 radical (unpaired) electrons. The first-order chi connectivity index (χ1) is 13.4. The monoisotopic (exact) mass is 550 g/mol. The van der Waals surface area contributed by atoms with Gasteiger partial charge in [-0.3, -0.25) is 4.99 Å². The second-order valence-corrected chi connectivity index (χ2v) is 8.50. The first-order valence-electron chi connectivity index (χ1n) is 10.5. The molecular weight excluding hydrogens is 512 g/mol. The molecule has 0 aromatic heterocycles. The minimum Gasteiger partial charge on any atom is -0.444 e. The number of likely N-dealkylation sites (tertiary alicyclic amines) is 1. The van der Waals surface area contributed by atoms with Crippen LogP contribution in [0.25, 0.3) is 0 Å². The lowest BCUT2D eigenvalue weighted by molar-refractivity contribution is -0.135. The second-order valence-electron chi connectivity index (χ2n) is 8.50. The standard InChI is InChI=1S/C20H37F3N4O2.HI/c1-6-26(18(28)29-19(2,3)4)15-16-9-13-27(14-10-16)17(24-5)25-12-8-7-11-20(21,22)23;/h16H,6-15H2,1-5H3,(H,24,25);1H. The van der Waals surface area contributed by atoms with Crippen LogP contribution in [0.1, 0.15) is 59.8 Å². The zero-order chi connectivity index (χ0) is 22.1. The van der Waals surface area contributed by atoms with Gasteiger partial charge < -0.3 is 19.9 Å². The Morgan fingerprint density at radius 1 is 1.20 bits per heavy atom. The van der Waals surface area contributed by atoms with Crippen molar-refractivity contribution in [2.24, 2.45) is 10.9 Å². The minimum absolute atomic E-state index is 0. The van der Waals surface area contributed by atoms with Gasteiger partial charge in [0.15, 0.2) is 5.96 Å². The summed E-state index contributed by atoms with van der Waals surface area (Å²) >= 11 is 0. The smallest absolute Gasteiger partial charge is 0.410 e. The van der Waals surface area contributed by atoms with Crippen molar-refractivity contribution in [1.82, 2.24) is 15.1 Å². The maximum atomic E-state index is 12.3. The summed E-state index contributed by atoms with van der Waals surface area (Å²) in [6, 6.07) is 0. The average molecular weight is 550 g/mol. The molecule has 10 heteroatoms. The largest absolute Gasteiger partial charge is 0.444 e. The van der Waals surface area contributed by atoms with Crippen LogP contribution in [0.3, 0.4) is 0 Å². The van der Waals surface area contributed by atoms with Crippen LogP contribution < -0.4 is 5.32 Å². The predicted molar refractivity (Wildman–Crippen MR) is 124 cm³/mol. The molecule has 0 bridgehead atoms. The number of amides is 1. The zero-order valence-corrected chi connectivity index (χ0v) is 21.2. The molecule has 0 spiro atoms. The predicted octanol–water partition coefficient (Wildman–Crippen LogP) is 4.88. The molecule has 0 aromatic carbocycles. The summed E-state index contributed by atoms with van der Waals surface area (Å²) in [5.41, 5.74) is -0.508. The summed E-state index contributed by atoms with van der Waals surface area (Å²) in [6.45, 7) is 10.9. The van der Waals surface area contributed by atoms with Gasteiger partial charge in [0.2, 0.25) is 0 Å². The molecule has 0 aromatic rings. The van der Waals surface area contributed by atoms with Crippen LogP contribution in [-0.2, 0) is 4.74 Å². The number of aliphatic imine (C=N–C) groups is 1. The minimum atomic E-state index is -4.09. The Morgan fingerprint density at radius 3 is 2.27 bits per heavy atom. The number of hydrogen-bond acceptors (Lipinski definition) is 3. The van der Waals surface area contributed by atoms with Crippen molar-refractivity contribution in [3.05, 3.63) is 0 Å². The summed E-state index contributed by atoms with van der Waals surface area (Å²) in [5.74, 6) is 1.12. The number of unbranched alkanes of at least 4 members (excludes halogenated alkanes) is 1. The van der Waals surface area contributed by atoms with E-state index in [1.54, 1.807) is 11.9 Å². The van der Waals surface area contributed by atoms with Gasteiger partial charge in [-0.1, -0.05) is 0 Å². The van der Waals surface area contributed by atoms with Crippen molar-refractivity contribution in [2.75, 3.05) is 39.8 Å². The van der Waals surface area contributed by atoms with E-state index in [2.05, 4.69) is 15.2 Å². The number of carbonyl (C=O) groups is 1. The molecule has 0 unspecified atom stereocenters. The molecule has 1 N–H and O–H groups in total. The number of halogens is 4. The molecule has 0 atom stereocenters. The summed E-state index contributed by atoms with van der Waals surface area (Å²) in [5, 5.41) is 3.16. The molecule has 1 aliphatic rings. The van der Waals surface area contributed by atoms with Crippen molar-refractivity contribution in [3.63, 3.8) is 0 Å².